The average Bonchev–Trinajstić information content (AvgIpc) is 2.48. The third-order valence-corrected chi connectivity index (χ3v) is 2.74. The molecule has 2 aromatic rings. The molecule has 2 rings (SSSR count). The van der Waals surface area contributed by atoms with Crippen molar-refractivity contribution < 1.29 is 0 Å². The summed E-state index contributed by atoms with van der Waals surface area (Å²) in [6.45, 7) is 4.16. The van der Waals surface area contributed by atoms with E-state index >= 15 is 0 Å². The monoisotopic (exact) mass is 193 g/mol. The first kappa shape index (κ1) is 8.64. The molecular formula is C11H12ClN. The summed E-state index contributed by atoms with van der Waals surface area (Å²) in [5.41, 5.74) is 3.56. The molecule has 68 valence electrons. The number of benzene rings is 1. The highest BCUT2D eigenvalue weighted by Crippen LogP contribution is 2.23. The van der Waals surface area contributed by atoms with Crippen molar-refractivity contribution in [2.24, 2.45) is 0 Å². The fourth-order valence-electron chi connectivity index (χ4n) is 1.51. The third kappa shape index (κ3) is 1.44. The van der Waals surface area contributed by atoms with Gasteiger partial charge in [0.1, 0.15) is 0 Å². The molecule has 0 amide bonds. The minimum atomic E-state index is 0.842. The molecule has 0 atom stereocenters. The maximum atomic E-state index is 6.03. The summed E-state index contributed by atoms with van der Waals surface area (Å²) in [7, 11) is 0. The number of H-pyrrole nitrogens is 1. The van der Waals surface area contributed by atoms with E-state index in [4.69, 9.17) is 11.6 Å². The van der Waals surface area contributed by atoms with Crippen molar-refractivity contribution in [3.05, 3.63) is 34.5 Å². The van der Waals surface area contributed by atoms with Gasteiger partial charge in [0.05, 0.1) is 0 Å². The van der Waals surface area contributed by atoms with Crippen molar-refractivity contribution in [2.75, 3.05) is 0 Å². The number of aryl methyl sites for hydroxylation is 2. The molecule has 1 aromatic heterocycles. The maximum Gasteiger partial charge on any atom is 0.0459 e. The Kier molecular flexibility index (Phi) is 2.04. The van der Waals surface area contributed by atoms with Crippen molar-refractivity contribution in [3.8, 4) is 0 Å². The van der Waals surface area contributed by atoms with Crippen LogP contribution < -0.4 is 0 Å². The van der Waals surface area contributed by atoms with Gasteiger partial charge in [0, 0.05) is 21.6 Å². The van der Waals surface area contributed by atoms with Gasteiger partial charge in [-0.25, -0.2) is 0 Å². The van der Waals surface area contributed by atoms with E-state index in [9.17, 15) is 0 Å². The molecule has 1 heterocycles. The number of aromatic amines is 1. The van der Waals surface area contributed by atoms with E-state index < -0.39 is 0 Å². The van der Waals surface area contributed by atoms with E-state index in [-0.39, 0.29) is 0 Å². The molecule has 2 heteroatoms. The van der Waals surface area contributed by atoms with E-state index in [0.717, 1.165) is 17.0 Å². The van der Waals surface area contributed by atoms with Crippen molar-refractivity contribution in [1.82, 2.24) is 4.98 Å². The lowest BCUT2D eigenvalue weighted by molar-refractivity contribution is 1.07. The predicted octanol–water partition coefficient (Wildman–Crippen LogP) is 3.69. The molecule has 0 aliphatic heterocycles. The summed E-state index contributed by atoms with van der Waals surface area (Å²) in [5, 5.41) is 2.04. The molecule has 0 unspecified atom stereocenters. The van der Waals surface area contributed by atoms with Gasteiger partial charge in [-0.3, -0.25) is 0 Å². The zero-order valence-electron chi connectivity index (χ0n) is 7.82. The molecule has 0 fully saturated rings. The van der Waals surface area contributed by atoms with E-state index in [2.05, 4.69) is 24.0 Å². The Hall–Kier alpha value is -0.950. The summed E-state index contributed by atoms with van der Waals surface area (Å²) in [4.78, 5) is 3.35. The van der Waals surface area contributed by atoms with Crippen LogP contribution in [0.4, 0.5) is 0 Å². The molecule has 0 spiro atoms. The topological polar surface area (TPSA) is 15.8 Å². The maximum absolute atomic E-state index is 6.03. The minimum absolute atomic E-state index is 0.842. The van der Waals surface area contributed by atoms with Crippen LogP contribution in [0, 0.1) is 6.92 Å². The second kappa shape index (κ2) is 3.08. The smallest absolute Gasteiger partial charge is 0.0459 e. The Morgan fingerprint density at radius 1 is 1.31 bits per heavy atom. The van der Waals surface area contributed by atoms with Crippen LogP contribution in [-0.2, 0) is 6.42 Å². The quantitative estimate of drug-likeness (QED) is 0.711. The van der Waals surface area contributed by atoms with Gasteiger partial charge in [0.25, 0.3) is 0 Å². The molecule has 0 bridgehead atoms. The lowest BCUT2D eigenvalue weighted by Crippen LogP contribution is -1.77. The van der Waals surface area contributed by atoms with Gasteiger partial charge < -0.3 is 4.98 Å². The van der Waals surface area contributed by atoms with Gasteiger partial charge >= 0.3 is 0 Å². The second-order valence-corrected chi connectivity index (χ2v) is 3.74. The summed E-state index contributed by atoms with van der Waals surface area (Å²) in [6.07, 6.45) is 1.03. The van der Waals surface area contributed by atoms with Crippen LogP contribution in [-0.4, -0.2) is 4.98 Å². The first-order valence-electron chi connectivity index (χ1n) is 4.48. The molecule has 1 nitrogen and oxygen atoms in total. The molecule has 1 N–H and O–H groups in total. The Morgan fingerprint density at radius 3 is 2.77 bits per heavy atom. The summed E-state index contributed by atoms with van der Waals surface area (Å²) in [5.74, 6) is 0. The van der Waals surface area contributed by atoms with E-state index in [1.54, 1.807) is 0 Å². The summed E-state index contributed by atoms with van der Waals surface area (Å²) >= 11 is 6.03. The fraction of sp³-hybridized carbons (Fsp3) is 0.273. The van der Waals surface area contributed by atoms with Crippen LogP contribution in [0.15, 0.2) is 18.2 Å². The number of halogens is 1. The highest BCUT2D eigenvalue weighted by atomic mass is 35.5. The lowest BCUT2D eigenvalue weighted by atomic mass is 10.2. The molecule has 0 saturated carbocycles. The molecule has 0 saturated heterocycles. The highest BCUT2D eigenvalue weighted by molar-refractivity contribution is 6.32. The lowest BCUT2D eigenvalue weighted by Gasteiger charge is -1.96. The third-order valence-electron chi connectivity index (χ3n) is 2.34. The number of rotatable bonds is 1. The second-order valence-electron chi connectivity index (χ2n) is 3.34. The van der Waals surface area contributed by atoms with E-state index in [1.165, 1.54) is 16.6 Å². The number of hydrogen-bond donors (Lipinski definition) is 1. The van der Waals surface area contributed by atoms with Gasteiger partial charge in [0.15, 0.2) is 0 Å². The SMILES string of the molecule is CCc1cc2cc(Cl)c(C)cc2[nH]1. The van der Waals surface area contributed by atoms with E-state index in [1.807, 2.05) is 13.0 Å². The number of aromatic nitrogens is 1. The van der Waals surface area contributed by atoms with Crippen LogP contribution in [0.25, 0.3) is 10.9 Å². The number of hydrogen-bond acceptors (Lipinski definition) is 0. The largest absolute Gasteiger partial charge is 0.358 e. The molecular weight excluding hydrogens is 182 g/mol. The van der Waals surface area contributed by atoms with Crippen LogP contribution in [0.2, 0.25) is 5.02 Å². The molecule has 0 aliphatic rings. The molecule has 1 aromatic carbocycles. The molecule has 0 radical (unpaired) electrons. The van der Waals surface area contributed by atoms with Gasteiger partial charge in [0.2, 0.25) is 0 Å². The number of nitrogens with one attached hydrogen (secondary N) is 1. The van der Waals surface area contributed by atoms with E-state index in [0.29, 0.717) is 0 Å². The van der Waals surface area contributed by atoms with Crippen molar-refractivity contribution >= 4 is 22.5 Å². The van der Waals surface area contributed by atoms with Crippen LogP contribution >= 0.6 is 11.6 Å². The zero-order valence-corrected chi connectivity index (χ0v) is 8.57. The first-order chi connectivity index (χ1) is 6.20. The Bertz CT molecular complexity index is 404. The van der Waals surface area contributed by atoms with Gasteiger partial charge in [-0.1, -0.05) is 18.5 Å². The molecule has 13 heavy (non-hydrogen) atoms. The van der Waals surface area contributed by atoms with Gasteiger partial charge in [-0.05, 0) is 37.1 Å². The van der Waals surface area contributed by atoms with Crippen LogP contribution in [0.5, 0.6) is 0 Å². The van der Waals surface area contributed by atoms with Crippen LogP contribution in [0.3, 0.4) is 0 Å². The summed E-state index contributed by atoms with van der Waals surface area (Å²) < 4.78 is 0. The Morgan fingerprint density at radius 2 is 2.08 bits per heavy atom. The minimum Gasteiger partial charge on any atom is -0.358 e. The predicted molar refractivity (Wildman–Crippen MR) is 57.4 cm³/mol. The summed E-state index contributed by atoms with van der Waals surface area (Å²) in [6, 6.07) is 6.26. The number of fused-ring (bicyclic) bond motifs is 1. The average molecular weight is 194 g/mol. The van der Waals surface area contributed by atoms with Crippen LogP contribution in [0.1, 0.15) is 18.2 Å². The normalized spacial score (nSPS) is 11.0. The van der Waals surface area contributed by atoms with Crippen molar-refractivity contribution in [3.63, 3.8) is 0 Å². The van der Waals surface area contributed by atoms with Gasteiger partial charge in [-0.2, -0.15) is 0 Å². The first-order valence-corrected chi connectivity index (χ1v) is 4.86. The molecule has 0 aliphatic carbocycles. The fourth-order valence-corrected chi connectivity index (χ4v) is 1.68. The van der Waals surface area contributed by atoms with Gasteiger partial charge in [-0.15, -0.1) is 0 Å². The standard InChI is InChI=1S/C11H12ClN/c1-3-9-5-8-6-10(12)7(2)4-11(8)13-9/h4-6,13H,3H2,1-2H3. The Balaban J connectivity index is 2.70. The highest BCUT2D eigenvalue weighted by Gasteiger charge is 2.02. The zero-order chi connectivity index (χ0) is 9.42. The van der Waals surface area contributed by atoms with Crippen molar-refractivity contribution in [1.29, 1.82) is 0 Å². The van der Waals surface area contributed by atoms with Crippen molar-refractivity contribution in [2.45, 2.75) is 20.3 Å². The Labute approximate surface area is 82.7 Å².